The van der Waals surface area contributed by atoms with Crippen molar-refractivity contribution in [3.05, 3.63) is 10.1 Å². The molecule has 3 heteroatoms. The normalized spacial score (nSPS) is 19.3. The van der Waals surface area contributed by atoms with Gasteiger partial charge in [0.1, 0.15) is 5.78 Å². The number of hydrogen-bond donors (Lipinski definition) is 0. The van der Waals surface area contributed by atoms with E-state index in [2.05, 4.69) is 27.8 Å². The highest BCUT2D eigenvalue weighted by atomic mass is 79.9. The van der Waals surface area contributed by atoms with Crippen LogP contribution in [0.2, 0.25) is 0 Å². The largest absolute Gasteiger partial charge is 0.300 e. The van der Waals surface area contributed by atoms with E-state index in [1.54, 1.807) is 6.92 Å². The molecule has 0 radical (unpaired) electrons. The molecule has 0 unspecified atom stereocenters. The van der Waals surface area contributed by atoms with Gasteiger partial charge in [-0.1, -0.05) is 21.5 Å². The van der Waals surface area contributed by atoms with E-state index in [0.29, 0.717) is 6.42 Å². The van der Waals surface area contributed by atoms with Gasteiger partial charge in [0.15, 0.2) is 0 Å². The van der Waals surface area contributed by atoms with Crippen molar-refractivity contribution in [2.75, 3.05) is 19.6 Å². The average molecular weight is 246 g/mol. The zero-order chi connectivity index (χ0) is 9.84. The third kappa shape index (κ3) is 3.61. The molecule has 0 aromatic rings. The molecule has 74 valence electrons. The molecular formula is C10H16BrNO. The number of Topliss-reactive ketones (excluding diaryl/α,β-unsaturated/α-hetero) is 1. The Balaban J connectivity index is 2.36. The second-order valence-electron chi connectivity index (χ2n) is 3.66. The maximum absolute atomic E-state index is 10.8. The van der Waals surface area contributed by atoms with Gasteiger partial charge in [-0.15, -0.1) is 0 Å². The lowest BCUT2D eigenvalue weighted by Gasteiger charge is -2.27. The first-order chi connectivity index (χ1) is 6.09. The molecule has 0 saturated heterocycles. The molecule has 0 N–H and O–H groups in total. The fourth-order valence-corrected chi connectivity index (χ4v) is 1.93. The molecule has 0 bridgehead atoms. The van der Waals surface area contributed by atoms with Gasteiger partial charge in [-0.2, -0.15) is 0 Å². The zero-order valence-corrected chi connectivity index (χ0v) is 9.85. The zero-order valence-electron chi connectivity index (χ0n) is 8.27. The summed E-state index contributed by atoms with van der Waals surface area (Å²) < 4.78 is 1.29. The summed E-state index contributed by atoms with van der Waals surface area (Å²) >= 11 is 3.55. The van der Waals surface area contributed by atoms with Gasteiger partial charge in [0.25, 0.3) is 0 Å². The predicted octanol–water partition coefficient (Wildman–Crippen LogP) is 2.34. The van der Waals surface area contributed by atoms with Crippen molar-refractivity contribution in [3.63, 3.8) is 0 Å². The molecule has 0 aromatic heterocycles. The molecule has 1 rings (SSSR count). The van der Waals surface area contributed by atoms with Crippen LogP contribution < -0.4 is 0 Å². The Bertz CT molecular complexity index is 235. The maximum Gasteiger partial charge on any atom is 0.131 e. The van der Waals surface area contributed by atoms with Gasteiger partial charge in [0, 0.05) is 30.5 Å². The highest BCUT2D eigenvalue weighted by Gasteiger charge is 2.14. The lowest BCUT2D eigenvalue weighted by molar-refractivity contribution is -0.117. The summed E-state index contributed by atoms with van der Waals surface area (Å²) in [6.07, 6.45) is 1.80. The van der Waals surface area contributed by atoms with E-state index in [1.165, 1.54) is 10.1 Å². The van der Waals surface area contributed by atoms with Gasteiger partial charge < -0.3 is 0 Å². The molecule has 0 amide bonds. The molecule has 0 spiro atoms. The number of carbonyl (C=O) groups excluding carboxylic acids is 1. The van der Waals surface area contributed by atoms with Crippen molar-refractivity contribution >= 4 is 21.7 Å². The Labute approximate surface area is 88.1 Å². The van der Waals surface area contributed by atoms with Gasteiger partial charge in [0.05, 0.1) is 0 Å². The number of hydrogen-bond acceptors (Lipinski definition) is 2. The van der Waals surface area contributed by atoms with Crippen molar-refractivity contribution in [2.24, 2.45) is 0 Å². The number of rotatable bonds is 3. The molecule has 0 aromatic carbocycles. The first-order valence-corrected chi connectivity index (χ1v) is 5.45. The smallest absolute Gasteiger partial charge is 0.131 e. The van der Waals surface area contributed by atoms with Crippen LogP contribution in [0.1, 0.15) is 26.7 Å². The molecule has 0 fully saturated rings. The highest BCUT2D eigenvalue weighted by molar-refractivity contribution is 9.11. The minimum Gasteiger partial charge on any atom is -0.300 e. The molecule has 1 heterocycles. The maximum atomic E-state index is 10.8. The molecule has 13 heavy (non-hydrogen) atoms. The fraction of sp³-hybridized carbons (Fsp3) is 0.700. The highest BCUT2D eigenvalue weighted by Crippen LogP contribution is 2.21. The first-order valence-electron chi connectivity index (χ1n) is 4.65. The molecule has 1 aliphatic rings. The third-order valence-electron chi connectivity index (χ3n) is 2.41. The second-order valence-corrected chi connectivity index (χ2v) is 4.62. The van der Waals surface area contributed by atoms with E-state index < -0.39 is 0 Å². The van der Waals surface area contributed by atoms with Crippen molar-refractivity contribution in [1.82, 2.24) is 4.90 Å². The Morgan fingerprint density at radius 1 is 1.62 bits per heavy atom. The van der Waals surface area contributed by atoms with E-state index in [1.807, 2.05) is 0 Å². The minimum absolute atomic E-state index is 0.280. The molecule has 0 aliphatic carbocycles. The lowest BCUT2D eigenvalue weighted by Crippen LogP contribution is -2.31. The van der Waals surface area contributed by atoms with Crippen LogP contribution >= 0.6 is 15.9 Å². The number of halogens is 1. The van der Waals surface area contributed by atoms with Gasteiger partial charge in [-0.05, 0) is 20.3 Å². The fourth-order valence-electron chi connectivity index (χ4n) is 1.38. The summed E-state index contributed by atoms with van der Waals surface area (Å²) in [4.78, 5) is 13.1. The topological polar surface area (TPSA) is 20.3 Å². The van der Waals surface area contributed by atoms with Crippen LogP contribution in [0.5, 0.6) is 0 Å². The Kier molecular flexibility index (Phi) is 4.13. The van der Waals surface area contributed by atoms with Crippen LogP contribution in [0.15, 0.2) is 10.1 Å². The van der Waals surface area contributed by atoms with Crippen molar-refractivity contribution < 1.29 is 4.79 Å². The summed E-state index contributed by atoms with van der Waals surface area (Å²) in [6, 6.07) is 0. The average Bonchev–Trinajstić information content (AvgIpc) is 2.07. The van der Waals surface area contributed by atoms with Crippen LogP contribution in [0.4, 0.5) is 0 Å². The first kappa shape index (κ1) is 10.9. The van der Waals surface area contributed by atoms with Gasteiger partial charge in [-0.3, -0.25) is 9.69 Å². The summed E-state index contributed by atoms with van der Waals surface area (Å²) in [7, 11) is 0. The Hall–Kier alpha value is -0.150. The van der Waals surface area contributed by atoms with Crippen LogP contribution in [-0.4, -0.2) is 30.3 Å². The minimum atomic E-state index is 0.280. The molecule has 0 saturated carbocycles. The van der Waals surface area contributed by atoms with E-state index in [0.717, 1.165) is 26.1 Å². The quantitative estimate of drug-likeness (QED) is 0.761. The van der Waals surface area contributed by atoms with Gasteiger partial charge >= 0.3 is 0 Å². The summed E-state index contributed by atoms with van der Waals surface area (Å²) in [5.74, 6) is 0.280. The van der Waals surface area contributed by atoms with Crippen LogP contribution in [0, 0.1) is 0 Å². The standard InChI is InChI=1S/C10H16BrNO/c1-8-3-5-12(7-10(8)11)6-4-9(2)13/h3-7H2,1-2H3. The third-order valence-corrected chi connectivity index (χ3v) is 3.34. The summed E-state index contributed by atoms with van der Waals surface area (Å²) in [5.41, 5.74) is 1.44. The predicted molar refractivity (Wildman–Crippen MR) is 58.0 cm³/mol. The number of ketones is 1. The molecule has 0 atom stereocenters. The number of nitrogens with zero attached hydrogens (tertiary/aromatic N) is 1. The van der Waals surface area contributed by atoms with Crippen LogP contribution in [-0.2, 0) is 4.79 Å². The number of carbonyl (C=O) groups is 1. The van der Waals surface area contributed by atoms with E-state index >= 15 is 0 Å². The van der Waals surface area contributed by atoms with Crippen LogP contribution in [0.3, 0.4) is 0 Å². The monoisotopic (exact) mass is 245 g/mol. The molecular weight excluding hydrogens is 230 g/mol. The van der Waals surface area contributed by atoms with E-state index in [9.17, 15) is 4.79 Å². The van der Waals surface area contributed by atoms with Crippen molar-refractivity contribution in [2.45, 2.75) is 26.7 Å². The van der Waals surface area contributed by atoms with Gasteiger partial charge in [0.2, 0.25) is 0 Å². The van der Waals surface area contributed by atoms with Gasteiger partial charge in [-0.25, -0.2) is 0 Å². The Morgan fingerprint density at radius 3 is 2.85 bits per heavy atom. The van der Waals surface area contributed by atoms with Crippen LogP contribution in [0.25, 0.3) is 0 Å². The Morgan fingerprint density at radius 2 is 2.31 bits per heavy atom. The van der Waals surface area contributed by atoms with Crippen molar-refractivity contribution in [3.8, 4) is 0 Å². The second kappa shape index (κ2) is 4.91. The lowest BCUT2D eigenvalue weighted by atomic mass is 10.1. The van der Waals surface area contributed by atoms with Crippen molar-refractivity contribution in [1.29, 1.82) is 0 Å². The summed E-state index contributed by atoms with van der Waals surface area (Å²) in [6.45, 7) is 6.78. The SMILES string of the molecule is CC(=O)CCN1CCC(C)=C(Br)C1. The molecule has 1 aliphatic heterocycles. The molecule has 2 nitrogen and oxygen atoms in total. The summed E-state index contributed by atoms with van der Waals surface area (Å²) in [5, 5.41) is 0. The van der Waals surface area contributed by atoms with E-state index in [-0.39, 0.29) is 5.78 Å². The van der Waals surface area contributed by atoms with E-state index in [4.69, 9.17) is 0 Å².